The molecule has 192 valence electrons. The summed E-state index contributed by atoms with van der Waals surface area (Å²) in [6, 6.07) is 10.3. The first kappa shape index (κ1) is 8.24. The summed E-state index contributed by atoms with van der Waals surface area (Å²) in [6.07, 6.45) is -57.1. The molecule has 3 fully saturated rings. The third-order valence-electron chi connectivity index (χ3n) is 6.14. The zero-order valence-corrected chi connectivity index (χ0v) is 20.7. The SMILES string of the molecule is [2H]C1C([2H])([2H])C([2H])([2H])C([2H])([2H])C([2H])([2H])C1([2H])c1nnnc(C2C([2H])([2H])C([2H])([2H])C([2H])([2H])C([2H])([2H])C2([2H])c2cccc3[se]c4ccccc4c23)c1C1([2H])C([2H])C([2H])([2H])C([2H])([2H])C([2H])([2H])C1([2H])[2H]. The maximum absolute atomic E-state index is 10.4. The number of aromatic nitrogens is 3. The van der Waals surface area contributed by atoms with Crippen LogP contribution in [0.4, 0.5) is 0 Å². The van der Waals surface area contributed by atoms with Crippen LogP contribution in [0.15, 0.2) is 42.5 Å². The van der Waals surface area contributed by atoms with Gasteiger partial charge < -0.3 is 0 Å². The molecule has 2 heterocycles. The Labute approximate surface area is 268 Å². The molecule has 0 spiro atoms. The van der Waals surface area contributed by atoms with Crippen molar-refractivity contribution < 1.29 is 39.8 Å². The van der Waals surface area contributed by atoms with Gasteiger partial charge in [0.2, 0.25) is 0 Å². The average molecular weight is 586 g/mol. The first-order chi connectivity index (χ1) is 29.4. The van der Waals surface area contributed by atoms with Gasteiger partial charge >= 0.3 is 264 Å². The van der Waals surface area contributed by atoms with E-state index in [-0.39, 0.29) is 5.39 Å². The molecular formula is C33H39N3Se. The fourth-order valence-electron chi connectivity index (χ4n) is 4.59. The van der Waals surface area contributed by atoms with Gasteiger partial charge in [0.15, 0.2) is 0 Å². The van der Waals surface area contributed by atoms with Crippen LogP contribution in [0.25, 0.3) is 19.3 Å². The number of hydrogen-bond acceptors (Lipinski definition) is 3. The second kappa shape index (κ2) is 10.6. The number of benzene rings is 2. The van der Waals surface area contributed by atoms with Crippen molar-refractivity contribution >= 4 is 33.8 Å². The molecule has 6 unspecified atom stereocenters. The first-order valence-electron chi connectivity index (χ1n) is 26.0. The molecule has 4 heteroatoms. The van der Waals surface area contributed by atoms with Crippen LogP contribution in [0.2, 0.25) is 0 Å². The predicted molar refractivity (Wildman–Crippen MR) is 154 cm³/mol. The summed E-state index contributed by atoms with van der Waals surface area (Å²) in [5, 5.41) is 11.0. The molecule has 2 aromatic heterocycles. The summed E-state index contributed by atoms with van der Waals surface area (Å²) in [6.45, 7) is 0. The molecule has 0 saturated heterocycles. The van der Waals surface area contributed by atoms with Gasteiger partial charge in [0, 0.05) is 2.74 Å². The zero-order valence-electron chi connectivity index (χ0n) is 48.0. The van der Waals surface area contributed by atoms with E-state index in [2.05, 4.69) is 15.4 Å². The van der Waals surface area contributed by atoms with Crippen molar-refractivity contribution in [2.75, 3.05) is 0 Å². The third-order valence-corrected chi connectivity index (χ3v) is 8.53. The first-order valence-corrected chi connectivity index (χ1v) is 13.1. The number of hydrogen-bond donors (Lipinski definition) is 0. The molecule has 0 aliphatic heterocycles. The summed E-state index contributed by atoms with van der Waals surface area (Å²) >= 11 is -0.634. The average Bonchev–Trinajstić information content (AvgIpc) is 3.59. The van der Waals surface area contributed by atoms with Gasteiger partial charge in [-0.25, -0.2) is 0 Å². The zero-order chi connectivity index (χ0) is 50.6. The van der Waals surface area contributed by atoms with Crippen molar-refractivity contribution in [3.05, 3.63) is 65.0 Å². The molecule has 2 aromatic carbocycles. The number of fused-ring (bicyclic) bond motifs is 3. The van der Waals surface area contributed by atoms with Crippen LogP contribution >= 0.6 is 0 Å². The third kappa shape index (κ3) is 4.49. The summed E-state index contributed by atoms with van der Waals surface area (Å²) in [7, 11) is 0. The van der Waals surface area contributed by atoms with Gasteiger partial charge in [-0.1, -0.05) is 0 Å². The Bertz CT molecular complexity index is 2660. The van der Waals surface area contributed by atoms with Crippen LogP contribution in [0, 0.1) is 0 Å². The van der Waals surface area contributed by atoms with E-state index in [1.165, 1.54) is 12.1 Å². The minimum absolute atomic E-state index is 0.00180. The van der Waals surface area contributed by atoms with E-state index in [9.17, 15) is 13.7 Å². The summed E-state index contributed by atoms with van der Waals surface area (Å²) in [5.74, 6) is -15.7. The summed E-state index contributed by atoms with van der Waals surface area (Å²) < 4.78 is 264. The van der Waals surface area contributed by atoms with Crippen molar-refractivity contribution in [1.29, 1.82) is 0 Å². The molecule has 0 amide bonds. The Morgan fingerprint density at radius 1 is 0.703 bits per heavy atom. The van der Waals surface area contributed by atoms with Crippen molar-refractivity contribution in [3.63, 3.8) is 0 Å². The van der Waals surface area contributed by atoms with Gasteiger partial charge in [-0.15, -0.1) is 0 Å². The van der Waals surface area contributed by atoms with Gasteiger partial charge in [-0.3, -0.25) is 0 Å². The van der Waals surface area contributed by atoms with Crippen LogP contribution in [0.3, 0.4) is 0 Å². The van der Waals surface area contributed by atoms with Gasteiger partial charge in [0.1, 0.15) is 0 Å². The Kier molecular flexibility index (Phi) is 2.37. The maximum atomic E-state index is 10.4. The second-order valence-corrected chi connectivity index (χ2v) is 10.5. The van der Waals surface area contributed by atoms with E-state index < -0.39 is 150 Å². The van der Waals surface area contributed by atoms with Gasteiger partial charge in [-0.2, -0.15) is 0 Å². The predicted octanol–water partition coefficient (Wildman–Crippen LogP) is 8.77. The second-order valence-electron chi connectivity index (χ2n) is 8.20. The van der Waals surface area contributed by atoms with Gasteiger partial charge in [0.25, 0.3) is 0 Å². The Balaban J connectivity index is 1.79. The van der Waals surface area contributed by atoms with Crippen LogP contribution in [-0.2, 0) is 0 Å². The number of nitrogens with zero attached hydrogens (tertiary/aromatic N) is 3. The van der Waals surface area contributed by atoms with Crippen LogP contribution in [0.5, 0.6) is 0 Å². The molecule has 0 N–H and O–H groups in total. The van der Waals surface area contributed by atoms with E-state index in [1.807, 2.05) is 0 Å². The standard InChI is InChI=1S/C33H39N3Se/c1-3-12-22(13-4-1)30-32(23-14-5-2-6-15-23)34-36-35-33(30)26-17-8-7-16-24(26)25-19-11-21-29-31(25)27-18-9-10-20-28(27)37-29/h9-11,18-24,26H,1-8,12-17H2/i1D2,2D2,3D2,4D2,5D2,6D2,7D2,8D2,12D,13D2,14D,15D2,16D2,17D2,22D,23D,24D. The van der Waals surface area contributed by atoms with Crippen LogP contribution < -0.4 is 0 Å². The van der Waals surface area contributed by atoms with E-state index >= 15 is 0 Å². The molecular weight excluding hydrogens is 517 g/mol. The monoisotopic (exact) mass is 586 g/mol. The van der Waals surface area contributed by atoms with Crippen molar-refractivity contribution in [2.45, 2.75) is 113 Å². The van der Waals surface area contributed by atoms with E-state index in [1.54, 1.807) is 24.3 Å². The van der Waals surface area contributed by atoms with E-state index in [4.69, 9.17) is 26.0 Å². The molecule has 3 nitrogen and oxygen atoms in total. The molecule has 7 rings (SSSR count). The van der Waals surface area contributed by atoms with E-state index in [0.29, 0.717) is 13.9 Å². The molecule has 0 radical (unpaired) electrons. The van der Waals surface area contributed by atoms with Crippen LogP contribution in [0.1, 0.15) is 175 Å². The van der Waals surface area contributed by atoms with Crippen molar-refractivity contribution in [2.24, 2.45) is 0 Å². The topological polar surface area (TPSA) is 38.7 Å². The normalized spacial score (nSPS) is 64.9. The molecule has 3 saturated carbocycles. The van der Waals surface area contributed by atoms with Gasteiger partial charge in [-0.05, 0) is 0 Å². The molecule has 6 atom stereocenters. The van der Waals surface area contributed by atoms with Crippen molar-refractivity contribution in [1.82, 2.24) is 15.4 Å². The molecule has 0 bridgehead atoms. The Morgan fingerprint density at radius 3 is 2.35 bits per heavy atom. The molecule has 3 aliphatic carbocycles. The number of rotatable bonds is 4. The van der Waals surface area contributed by atoms with Crippen molar-refractivity contribution in [3.8, 4) is 0 Å². The molecule has 37 heavy (non-hydrogen) atoms. The summed E-state index contributed by atoms with van der Waals surface area (Å²) in [5.41, 5.74) is -6.20. The Hall–Kier alpha value is -2.03. The quantitative estimate of drug-likeness (QED) is 0.225. The Morgan fingerprint density at radius 2 is 1.43 bits per heavy atom. The summed E-state index contributed by atoms with van der Waals surface area (Å²) in [4.78, 5) is 0. The van der Waals surface area contributed by atoms with E-state index in [0.717, 1.165) is 6.07 Å². The van der Waals surface area contributed by atoms with Gasteiger partial charge in [0.05, 0.1) is 0 Å². The molecule has 3 aliphatic rings. The fraction of sp³-hybridized carbons (Fsp3) is 0.545. The fourth-order valence-corrected chi connectivity index (χ4v) is 6.97. The minimum atomic E-state index is -4.48. The molecule has 4 aromatic rings. The van der Waals surface area contributed by atoms with Crippen LogP contribution in [-0.4, -0.2) is 29.9 Å².